The first-order chi connectivity index (χ1) is 6.85. The van der Waals surface area contributed by atoms with Crippen LogP contribution in [0.5, 0.6) is 0 Å². The summed E-state index contributed by atoms with van der Waals surface area (Å²) in [5.74, 6) is 1.00. The Balaban J connectivity index is 1.71. The molecule has 0 bridgehead atoms. The number of ether oxygens (including phenoxy) is 1. The molecule has 82 valence electrons. The molecule has 2 heteroatoms. The van der Waals surface area contributed by atoms with Gasteiger partial charge in [0.05, 0.1) is 5.60 Å². The van der Waals surface area contributed by atoms with Crippen LogP contribution in [-0.2, 0) is 4.74 Å². The van der Waals surface area contributed by atoms with Crippen molar-refractivity contribution in [2.75, 3.05) is 20.2 Å². The number of hydrogen-bond acceptors (Lipinski definition) is 2. The van der Waals surface area contributed by atoms with E-state index >= 15 is 0 Å². The lowest BCUT2D eigenvalue weighted by Gasteiger charge is -2.29. The van der Waals surface area contributed by atoms with Gasteiger partial charge < -0.3 is 10.1 Å². The van der Waals surface area contributed by atoms with Crippen LogP contribution >= 0.6 is 0 Å². The van der Waals surface area contributed by atoms with Crippen molar-refractivity contribution in [3.05, 3.63) is 0 Å². The lowest BCUT2D eigenvalue weighted by atomic mass is 10.0. The van der Waals surface area contributed by atoms with E-state index in [-0.39, 0.29) is 5.60 Å². The maximum Gasteiger partial charge on any atom is 0.0806 e. The Kier molecular flexibility index (Phi) is 3.45. The van der Waals surface area contributed by atoms with Gasteiger partial charge >= 0.3 is 0 Å². The summed E-state index contributed by atoms with van der Waals surface area (Å²) in [4.78, 5) is 0. The molecule has 14 heavy (non-hydrogen) atoms. The summed E-state index contributed by atoms with van der Waals surface area (Å²) >= 11 is 0. The third kappa shape index (κ3) is 2.71. The molecule has 1 N–H and O–H groups in total. The SMILES string of the molecule is CNCC1(OCCC2CC2)CCCC1. The topological polar surface area (TPSA) is 21.3 Å². The fourth-order valence-corrected chi connectivity index (χ4v) is 2.56. The van der Waals surface area contributed by atoms with E-state index < -0.39 is 0 Å². The average Bonchev–Trinajstić information content (AvgIpc) is 2.87. The van der Waals surface area contributed by atoms with E-state index in [2.05, 4.69) is 5.32 Å². The number of nitrogens with one attached hydrogen (secondary N) is 1. The molecule has 2 aliphatic rings. The van der Waals surface area contributed by atoms with Crippen molar-refractivity contribution in [2.45, 2.75) is 50.5 Å². The van der Waals surface area contributed by atoms with E-state index in [1.165, 1.54) is 44.9 Å². The Hall–Kier alpha value is -0.0800. The Morgan fingerprint density at radius 3 is 2.57 bits per heavy atom. The molecule has 0 spiro atoms. The lowest BCUT2D eigenvalue weighted by molar-refractivity contribution is -0.0405. The van der Waals surface area contributed by atoms with Crippen LogP contribution in [0.4, 0.5) is 0 Å². The Morgan fingerprint density at radius 1 is 1.29 bits per heavy atom. The maximum absolute atomic E-state index is 6.12. The minimum absolute atomic E-state index is 0.198. The fourth-order valence-electron chi connectivity index (χ4n) is 2.56. The van der Waals surface area contributed by atoms with Gasteiger partial charge in [0.2, 0.25) is 0 Å². The number of hydrogen-bond donors (Lipinski definition) is 1. The highest BCUT2D eigenvalue weighted by atomic mass is 16.5. The molecular formula is C12H23NO. The zero-order valence-electron chi connectivity index (χ0n) is 9.35. The second-order valence-electron chi connectivity index (χ2n) is 5.00. The van der Waals surface area contributed by atoms with E-state index in [1.807, 2.05) is 7.05 Å². The molecule has 0 unspecified atom stereocenters. The van der Waals surface area contributed by atoms with Crippen LogP contribution in [0.2, 0.25) is 0 Å². The van der Waals surface area contributed by atoms with Crippen LogP contribution in [0.15, 0.2) is 0 Å². The van der Waals surface area contributed by atoms with Crippen molar-refractivity contribution in [2.24, 2.45) is 5.92 Å². The van der Waals surface area contributed by atoms with E-state index in [4.69, 9.17) is 4.74 Å². The van der Waals surface area contributed by atoms with Gasteiger partial charge in [-0.25, -0.2) is 0 Å². The summed E-state index contributed by atoms with van der Waals surface area (Å²) in [7, 11) is 2.03. The van der Waals surface area contributed by atoms with Gasteiger partial charge in [0, 0.05) is 13.2 Å². The Morgan fingerprint density at radius 2 is 2.00 bits per heavy atom. The highest BCUT2D eigenvalue weighted by molar-refractivity contribution is 4.88. The van der Waals surface area contributed by atoms with Gasteiger partial charge in [-0.15, -0.1) is 0 Å². The highest BCUT2D eigenvalue weighted by Gasteiger charge is 2.34. The molecule has 0 saturated heterocycles. The monoisotopic (exact) mass is 197 g/mol. The third-order valence-corrected chi connectivity index (χ3v) is 3.65. The maximum atomic E-state index is 6.12. The Labute approximate surface area is 87.4 Å². The molecule has 0 amide bonds. The summed E-state index contributed by atoms with van der Waals surface area (Å²) in [6.45, 7) is 2.03. The molecule has 0 aliphatic heterocycles. The number of likely N-dealkylation sites (N-methyl/N-ethyl adjacent to an activating group) is 1. The van der Waals surface area contributed by atoms with Crippen LogP contribution in [0, 0.1) is 5.92 Å². The molecule has 0 aromatic carbocycles. The molecule has 0 radical (unpaired) electrons. The van der Waals surface area contributed by atoms with Crippen molar-refractivity contribution >= 4 is 0 Å². The van der Waals surface area contributed by atoms with Gasteiger partial charge in [0.25, 0.3) is 0 Å². The first-order valence-electron chi connectivity index (χ1n) is 6.13. The second-order valence-corrected chi connectivity index (χ2v) is 5.00. The van der Waals surface area contributed by atoms with Crippen molar-refractivity contribution in [1.29, 1.82) is 0 Å². The molecule has 0 aromatic heterocycles. The summed E-state index contributed by atoms with van der Waals surface area (Å²) < 4.78 is 6.12. The van der Waals surface area contributed by atoms with Crippen LogP contribution in [0.3, 0.4) is 0 Å². The standard InChI is InChI=1S/C12H23NO/c1-13-10-12(7-2-3-8-12)14-9-6-11-4-5-11/h11,13H,2-10H2,1H3. The van der Waals surface area contributed by atoms with Gasteiger partial charge in [-0.05, 0) is 32.2 Å². The quantitative estimate of drug-likeness (QED) is 0.705. The molecular weight excluding hydrogens is 174 g/mol. The fraction of sp³-hybridized carbons (Fsp3) is 1.00. The van der Waals surface area contributed by atoms with Crippen LogP contribution in [-0.4, -0.2) is 25.8 Å². The number of rotatable bonds is 6. The van der Waals surface area contributed by atoms with Crippen LogP contribution in [0.1, 0.15) is 44.9 Å². The van der Waals surface area contributed by atoms with E-state index in [0.717, 1.165) is 19.1 Å². The van der Waals surface area contributed by atoms with Crippen molar-refractivity contribution < 1.29 is 4.74 Å². The largest absolute Gasteiger partial charge is 0.374 e. The zero-order valence-corrected chi connectivity index (χ0v) is 9.35. The van der Waals surface area contributed by atoms with Crippen molar-refractivity contribution in [3.8, 4) is 0 Å². The highest BCUT2D eigenvalue weighted by Crippen LogP contribution is 2.36. The van der Waals surface area contributed by atoms with E-state index in [1.54, 1.807) is 0 Å². The van der Waals surface area contributed by atoms with Crippen molar-refractivity contribution in [3.63, 3.8) is 0 Å². The van der Waals surface area contributed by atoms with Gasteiger partial charge in [-0.2, -0.15) is 0 Å². The van der Waals surface area contributed by atoms with Gasteiger partial charge in [0.1, 0.15) is 0 Å². The summed E-state index contributed by atoms with van der Waals surface area (Å²) in [5, 5.41) is 3.28. The smallest absolute Gasteiger partial charge is 0.0806 e. The predicted octanol–water partition coefficient (Wildman–Crippen LogP) is 2.34. The molecule has 0 heterocycles. The van der Waals surface area contributed by atoms with Crippen molar-refractivity contribution in [1.82, 2.24) is 5.32 Å². The third-order valence-electron chi connectivity index (χ3n) is 3.65. The zero-order chi connectivity index (χ0) is 9.86. The molecule has 0 aromatic rings. The first-order valence-corrected chi connectivity index (χ1v) is 6.13. The van der Waals surface area contributed by atoms with Crippen LogP contribution < -0.4 is 5.32 Å². The van der Waals surface area contributed by atoms with Crippen LogP contribution in [0.25, 0.3) is 0 Å². The van der Waals surface area contributed by atoms with E-state index in [0.29, 0.717) is 0 Å². The lowest BCUT2D eigenvalue weighted by Crippen LogP contribution is -2.39. The average molecular weight is 197 g/mol. The van der Waals surface area contributed by atoms with Gasteiger partial charge in [-0.1, -0.05) is 25.7 Å². The molecule has 2 aliphatic carbocycles. The van der Waals surface area contributed by atoms with Gasteiger partial charge in [0.15, 0.2) is 0 Å². The molecule has 2 fully saturated rings. The van der Waals surface area contributed by atoms with Gasteiger partial charge in [-0.3, -0.25) is 0 Å². The Bertz CT molecular complexity index is 171. The summed E-state index contributed by atoms with van der Waals surface area (Å²) in [6.07, 6.45) is 9.42. The van der Waals surface area contributed by atoms with E-state index in [9.17, 15) is 0 Å². The first kappa shape index (κ1) is 10.4. The molecule has 2 nitrogen and oxygen atoms in total. The molecule has 2 rings (SSSR count). The predicted molar refractivity (Wildman–Crippen MR) is 58.4 cm³/mol. The normalized spacial score (nSPS) is 25.5. The summed E-state index contributed by atoms with van der Waals surface area (Å²) in [6, 6.07) is 0. The summed E-state index contributed by atoms with van der Waals surface area (Å²) in [5.41, 5.74) is 0.198. The second kappa shape index (κ2) is 4.63. The minimum atomic E-state index is 0.198. The minimum Gasteiger partial charge on any atom is -0.374 e. The molecule has 0 atom stereocenters. The molecule has 2 saturated carbocycles.